The number of benzene rings is 1. The normalized spacial score (nSPS) is 23.4. The average Bonchev–Trinajstić information content (AvgIpc) is 2.45. The Morgan fingerprint density at radius 1 is 1.35 bits per heavy atom. The van der Waals surface area contributed by atoms with Gasteiger partial charge in [-0.05, 0) is 44.5 Å². The molecule has 0 aromatic heterocycles. The Morgan fingerprint density at radius 3 is 2.65 bits per heavy atom. The topological polar surface area (TPSA) is 44.4 Å². The number of hydrogen-bond acceptors (Lipinski definition) is 3. The molecule has 4 nitrogen and oxygen atoms in total. The Balaban J connectivity index is 1.89. The highest BCUT2D eigenvalue weighted by molar-refractivity contribution is 5.78. The summed E-state index contributed by atoms with van der Waals surface area (Å²) in [5.74, 6) is 0.0508. The fraction of sp³-hybridized carbons (Fsp3) is 0.562. The zero-order chi connectivity index (χ0) is 14.5. The third-order valence-corrected chi connectivity index (χ3v) is 4.18. The van der Waals surface area contributed by atoms with Gasteiger partial charge in [0, 0.05) is 31.4 Å². The third kappa shape index (κ3) is 3.97. The van der Waals surface area contributed by atoms with Crippen LogP contribution < -0.4 is 10.6 Å². The molecule has 1 aromatic rings. The Hall–Kier alpha value is -1.55. The first-order valence-corrected chi connectivity index (χ1v) is 7.35. The fourth-order valence-corrected chi connectivity index (χ4v) is 2.65. The molecule has 0 bridgehead atoms. The number of likely N-dealkylation sites (N-methyl/N-ethyl adjacent to an activating group) is 1. The van der Waals surface area contributed by atoms with Crippen molar-refractivity contribution in [3.63, 3.8) is 0 Å². The first-order chi connectivity index (χ1) is 9.58. The molecule has 0 radical (unpaired) electrons. The summed E-state index contributed by atoms with van der Waals surface area (Å²) in [5.41, 5.74) is 2.19. The molecular formula is C16H25N3O. The largest absolute Gasteiger partial charge is 0.382 e. The van der Waals surface area contributed by atoms with Gasteiger partial charge in [0.25, 0.3) is 0 Å². The van der Waals surface area contributed by atoms with Gasteiger partial charge in [0.2, 0.25) is 5.91 Å². The maximum atomic E-state index is 11.3. The van der Waals surface area contributed by atoms with E-state index in [0.29, 0.717) is 18.5 Å². The van der Waals surface area contributed by atoms with Crippen molar-refractivity contribution < 1.29 is 4.79 Å². The molecule has 0 aliphatic carbocycles. The highest BCUT2D eigenvalue weighted by Crippen LogP contribution is 2.20. The van der Waals surface area contributed by atoms with Crippen LogP contribution in [-0.4, -0.2) is 43.5 Å². The number of hydrogen-bond donors (Lipinski definition) is 2. The van der Waals surface area contributed by atoms with Gasteiger partial charge in [-0.2, -0.15) is 0 Å². The summed E-state index contributed by atoms with van der Waals surface area (Å²) in [6, 6.07) is 9.37. The molecule has 0 saturated carbocycles. The smallest absolute Gasteiger partial charge is 0.224 e. The van der Waals surface area contributed by atoms with Gasteiger partial charge < -0.3 is 15.5 Å². The Bertz CT molecular complexity index is 444. The van der Waals surface area contributed by atoms with Crippen LogP contribution >= 0.6 is 0 Å². The Morgan fingerprint density at radius 2 is 2.05 bits per heavy atom. The average molecular weight is 275 g/mol. The van der Waals surface area contributed by atoms with Crippen LogP contribution in [0.25, 0.3) is 0 Å². The summed E-state index contributed by atoms with van der Waals surface area (Å²) in [7, 11) is 3.86. The lowest BCUT2D eigenvalue weighted by molar-refractivity contribution is -0.119. The van der Waals surface area contributed by atoms with E-state index in [2.05, 4.69) is 41.6 Å². The lowest BCUT2D eigenvalue weighted by Gasteiger charge is -2.35. The van der Waals surface area contributed by atoms with Crippen molar-refractivity contribution in [3.05, 3.63) is 29.8 Å². The van der Waals surface area contributed by atoms with Crippen molar-refractivity contribution in [1.29, 1.82) is 0 Å². The van der Waals surface area contributed by atoms with E-state index in [0.717, 1.165) is 17.8 Å². The molecule has 2 rings (SSSR count). The molecule has 1 aliphatic heterocycles. The predicted molar refractivity (Wildman–Crippen MR) is 82.9 cm³/mol. The highest BCUT2D eigenvalue weighted by atomic mass is 16.1. The van der Waals surface area contributed by atoms with Crippen LogP contribution in [0, 0.1) is 0 Å². The van der Waals surface area contributed by atoms with Gasteiger partial charge in [-0.15, -0.1) is 0 Å². The van der Waals surface area contributed by atoms with Crippen molar-refractivity contribution in [3.8, 4) is 0 Å². The molecule has 1 aromatic carbocycles. The number of nitrogens with one attached hydrogen (secondary N) is 2. The minimum atomic E-state index is 0.0508. The van der Waals surface area contributed by atoms with Crippen LogP contribution in [-0.2, 0) is 11.2 Å². The van der Waals surface area contributed by atoms with Crippen LogP contribution in [0.5, 0.6) is 0 Å². The standard InChI is InChI=1S/C16H25N3O/c1-12-10-15(8-9-19(12)3)18-14-6-4-13(5-7-14)11-16(20)17-2/h4-7,12,15,18H,8-11H2,1-3H3,(H,17,20). The van der Waals surface area contributed by atoms with Crippen molar-refractivity contribution in [2.24, 2.45) is 0 Å². The number of rotatable bonds is 4. The predicted octanol–water partition coefficient (Wildman–Crippen LogP) is 1.87. The van der Waals surface area contributed by atoms with E-state index in [1.54, 1.807) is 7.05 Å². The molecule has 0 spiro atoms. The highest BCUT2D eigenvalue weighted by Gasteiger charge is 2.22. The molecule has 2 N–H and O–H groups in total. The van der Waals surface area contributed by atoms with Crippen molar-refractivity contribution in [2.45, 2.75) is 38.3 Å². The molecule has 20 heavy (non-hydrogen) atoms. The molecule has 1 saturated heterocycles. The molecule has 1 heterocycles. The van der Waals surface area contributed by atoms with Crippen LogP contribution in [0.1, 0.15) is 25.3 Å². The number of anilines is 1. The summed E-state index contributed by atoms with van der Waals surface area (Å²) in [4.78, 5) is 13.7. The molecular weight excluding hydrogens is 250 g/mol. The SMILES string of the molecule is CNC(=O)Cc1ccc(NC2CCN(C)C(C)C2)cc1. The zero-order valence-electron chi connectivity index (χ0n) is 12.6. The van der Waals surface area contributed by atoms with Crippen LogP contribution in [0.15, 0.2) is 24.3 Å². The van der Waals surface area contributed by atoms with E-state index in [1.807, 2.05) is 12.1 Å². The second kappa shape index (κ2) is 6.75. The monoisotopic (exact) mass is 275 g/mol. The summed E-state index contributed by atoms with van der Waals surface area (Å²) in [6.45, 7) is 3.42. The number of carbonyl (C=O) groups excluding carboxylic acids is 1. The van der Waals surface area contributed by atoms with E-state index in [1.165, 1.54) is 12.8 Å². The van der Waals surface area contributed by atoms with E-state index >= 15 is 0 Å². The molecule has 2 unspecified atom stereocenters. The van der Waals surface area contributed by atoms with Crippen molar-refractivity contribution in [2.75, 3.05) is 26.0 Å². The number of piperidine rings is 1. The van der Waals surface area contributed by atoms with Gasteiger partial charge in [0.15, 0.2) is 0 Å². The molecule has 110 valence electrons. The van der Waals surface area contributed by atoms with Gasteiger partial charge in [-0.1, -0.05) is 12.1 Å². The Kier molecular flexibility index (Phi) is 5.01. The first kappa shape index (κ1) is 14.9. The lowest BCUT2D eigenvalue weighted by atomic mass is 9.98. The maximum Gasteiger partial charge on any atom is 0.224 e. The number of nitrogens with zero attached hydrogens (tertiary/aromatic N) is 1. The van der Waals surface area contributed by atoms with E-state index in [-0.39, 0.29) is 5.91 Å². The van der Waals surface area contributed by atoms with E-state index in [9.17, 15) is 4.79 Å². The minimum absolute atomic E-state index is 0.0508. The summed E-state index contributed by atoms with van der Waals surface area (Å²) in [5, 5.41) is 6.24. The summed E-state index contributed by atoms with van der Waals surface area (Å²) >= 11 is 0. The summed E-state index contributed by atoms with van der Waals surface area (Å²) in [6.07, 6.45) is 2.80. The van der Waals surface area contributed by atoms with Crippen molar-refractivity contribution >= 4 is 11.6 Å². The molecule has 1 aliphatic rings. The Labute approximate surface area is 121 Å². The summed E-state index contributed by atoms with van der Waals surface area (Å²) < 4.78 is 0. The van der Waals surface area contributed by atoms with Crippen LogP contribution in [0.3, 0.4) is 0 Å². The number of amides is 1. The van der Waals surface area contributed by atoms with Gasteiger partial charge in [0.05, 0.1) is 6.42 Å². The van der Waals surface area contributed by atoms with Gasteiger partial charge >= 0.3 is 0 Å². The second-order valence-corrected chi connectivity index (χ2v) is 5.74. The molecule has 1 fully saturated rings. The quantitative estimate of drug-likeness (QED) is 0.881. The minimum Gasteiger partial charge on any atom is -0.382 e. The van der Waals surface area contributed by atoms with Gasteiger partial charge in [-0.3, -0.25) is 4.79 Å². The van der Waals surface area contributed by atoms with Gasteiger partial charge in [-0.25, -0.2) is 0 Å². The zero-order valence-corrected chi connectivity index (χ0v) is 12.6. The number of carbonyl (C=O) groups is 1. The van der Waals surface area contributed by atoms with E-state index in [4.69, 9.17) is 0 Å². The molecule has 1 amide bonds. The fourth-order valence-electron chi connectivity index (χ4n) is 2.65. The molecule has 2 atom stereocenters. The second-order valence-electron chi connectivity index (χ2n) is 5.74. The third-order valence-electron chi connectivity index (χ3n) is 4.18. The van der Waals surface area contributed by atoms with Crippen LogP contribution in [0.4, 0.5) is 5.69 Å². The number of likely N-dealkylation sites (tertiary alicyclic amines) is 1. The van der Waals surface area contributed by atoms with Crippen LogP contribution in [0.2, 0.25) is 0 Å². The van der Waals surface area contributed by atoms with E-state index < -0.39 is 0 Å². The lowest BCUT2D eigenvalue weighted by Crippen LogP contribution is -2.42. The van der Waals surface area contributed by atoms with Gasteiger partial charge in [0.1, 0.15) is 0 Å². The molecule has 4 heteroatoms. The first-order valence-electron chi connectivity index (χ1n) is 7.35. The van der Waals surface area contributed by atoms with Crippen molar-refractivity contribution in [1.82, 2.24) is 10.2 Å². The maximum absolute atomic E-state index is 11.3.